The summed E-state index contributed by atoms with van der Waals surface area (Å²) in [5.41, 5.74) is 2.10. The summed E-state index contributed by atoms with van der Waals surface area (Å²) in [6, 6.07) is 13.1. The topological polar surface area (TPSA) is 84.3 Å². The summed E-state index contributed by atoms with van der Waals surface area (Å²) >= 11 is 0. The summed E-state index contributed by atoms with van der Waals surface area (Å²) in [6.45, 7) is 1.11. The summed E-state index contributed by atoms with van der Waals surface area (Å²) in [5, 5.41) is 6.96. The molecule has 0 radical (unpaired) electrons. The van der Waals surface area contributed by atoms with Gasteiger partial charge in [-0.15, -0.1) is 0 Å². The number of halogens is 1. The molecule has 1 fully saturated rings. The number of nitrogens with one attached hydrogen (secondary N) is 1. The summed E-state index contributed by atoms with van der Waals surface area (Å²) in [4.78, 5) is 12.1. The number of nitrogens with zero attached hydrogens (tertiary/aromatic N) is 3. The summed E-state index contributed by atoms with van der Waals surface area (Å²) in [7, 11) is -3.96. The summed E-state index contributed by atoms with van der Waals surface area (Å²) in [5.74, 6) is -1.28. The number of benzene rings is 2. The number of piperidine rings is 1. The van der Waals surface area contributed by atoms with E-state index in [9.17, 15) is 17.6 Å². The molecule has 0 atom stereocenters. The van der Waals surface area contributed by atoms with Crippen molar-refractivity contribution in [2.75, 3.05) is 19.6 Å². The van der Waals surface area contributed by atoms with Crippen molar-refractivity contribution in [3.05, 3.63) is 77.9 Å². The van der Waals surface area contributed by atoms with Gasteiger partial charge in [0.1, 0.15) is 10.7 Å². The van der Waals surface area contributed by atoms with Crippen molar-refractivity contribution in [3.8, 4) is 5.69 Å². The highest BCUT2D eigenvalue weighted by molar-refractivity contribution is 7.89. The zero-order valence-electron chi connectivity index (χ0n) is 17.6. The lowest BCUT2D eigenvalue weighted by atomic mass is 10.1. The third-order valence-corrected chi connectivity index (χ3v) is 7.44. The predicted octanol–water partition coefficient (Wildman–Crippen LogP) is 3.16. The number of carbonyl (C=O) groups excluding carboxylic acids is 1. The predicted molar refractivity (Wildman–Crippen MR) is 119 cm³/mol. The van der Waals surface area contributed by atoms with E-state index in [0.29, 0.717) is 26.1 Å². The van der Waals surface area contributed by atoms with Crippen LogP contribution in [0.4, 0.5) is 4.39 Å². The molecule has 2 aromatic carbocycles. The molecule has 0 aliphatic carbocycles. The fraction of sp³-hybridized carbons (Fsp3) is 0.304. The Morgan fingerprint density at radius 1 is 1.06 bits per heavy atom. The highest BCUT2D eigenvalue weighted by Crippen LogP contribution is 2.24. The Hall–Kier alpha value is -3.04. The quantitative estimate of drug-likeness (QED) is 0.592. The smallest absolute Gasteiger partial charge is 0.251 e. The van der Waals surface area contributed by atoms with Gasteiger partial charge in [0.25, 0.3) is 5.91 Å². The third kappa shape index (κ3) is 4.89. The second-order valence-corrected chi connectivity index (χ2v) is 9.64. The fourth-order valence-corrected chi connectivity index (χ4v) is 5.35. The minimum Gasteiger partial charge on any atom is -0.352 e. The van der Waals surface area contributed by atoms with Crippen molar-refractivity contribution >= 4 is 15.9 Å². The van der Waals surface area contributed by atoms with Gasteiger partial charge < -0.3 is 5.32 Å². The first-order chi connectivity index (χ1) is 15.4. The molecule has 1 saturated heterocycles. The first kappa shape index (κ1) is 22.2. The molecule has 0 unspecified atom stereocenters. The van der Waals surface area contributed by atoms with E-state index in [2.05, 4.69) is 10.4 Å². The lowest BCUT2D eigenvalue weighted by Gasteiger charge is -2.26. The minimum atomic E-state index is -3.96. The molecule has 1 N–H and O–H groups in total. The van der Waals surface area contributed by atoms with Crippen molar-refractivity contribution in [2.24, 2.45) is 0 Å². The maximum absolute atomic E-state index is 14.3. The molecule has 2 heterocycles. The fourth-order valence-electron chi connectivity index (χ4n) is 3.75. The Bertz CT molecular complexity index is 1170. The lowest BCUT2D eigenvalue weighted by molar-refractivity contribution is 0.0954. The van der Waals surface area contributed by atoms with Crippen LogP contribution in [0.3, 0.4) is 0 Å². The van der Waals surface area contributed by atoms with E-state index in [1.54, 1.807) is 10.9 Å². The molecular weight excluding hydrogens is 431 g/mol. The first-order valence-corrected chi connectivity index (χ1v) is 12.1. The SMILES string of the molecule is O=C(NCCc1ccc(-n2cccn2)cc1)c1ccc(F)c(S(=O)(=O)N2CCCCC2)c1. The molecule has 9 heteroatoms. The van der Waals surface area contributed by atoms with Crippen LogP contribution in [0.5, 0.6) is 0 Å². The molecule has 168 valence electrons. The van der Waals surface area contributed by atoms with Gasteiger partial charge in [-0.3, -0.25) is 4.79 Å². The second kappa shape index (κ2) is 9.62. The van der Waals surface area contributed by atoms with Gasteiger partial charge >= 0.3 is 0 Å². The highest BCUT2D eigenvalue weighted by atomic mass is 32.2. The van der Waals surface area contributed by atoms with Gasteiger partial charge in [-0.1, -0.05) is 18.6 Å². The minimum absolute atomic E-state index is 0.121. The van der Waals surface area contributed by atoms with Gasteiger partial charge in [0.05, 0.1) is 5.69 Å². The number of hydrogen-bond donors (Lipinski definition) is 1. The van der Waals surface area contributed by atoms with Crippen molar-refractivity contribution in [1.82, 2.24) is 19.4 Å². The molecule has 32 heavy (non-hydrogen) atoms. The van der Waals surface area contributed by atoms with E-state index in [1.807, 2.05) is 36.5 Å². The Morgan fingerprint density at radius 2 is 1.81 bits per heavy atom. The molecular formula is C23H25FN4O3S. The number of aromatic nitrogens is 2. The molecule has 1 aliphatic rings. The Balaban J connectivity index is 1.39. The number of carbonyl (C=O) groups is 1. The maximum atomic E-state index is 14.3. The molecule has 0 bridgehead atoms. The molecule has 0 saturated carbocycles. The van der Waals surface area contributed by atoms with Crippen molar-refractivity contribution in [2.45, 2.75) is 30.6 Å². The normalized spacial score (nSPS) is 14.9. The number of amides is 1. The average Bonchev–Trinajstić information content (AvgIpc) is 3.35. The van der Waals surface area contributed by atoms with E-state index in [0.717, 1.165) is 42.6 Å². The zero-order chi connectivity index (χ0) is 22.6. The summed E-state index contributed by atoms with van der Waals surface area (Å²) in [6.07, 6.45) is 6.64. The van der Waals surface area contributed by atoms with Crippen LogP contribution >= 0.6 is 0 Å². The van der Waals surface area contributed by atoms with Gasteiger partial charge in [0.15, 0.2) is 0 Å². The van der Waals surface area contributed by atoms with Gasteiger partial charge in [0, 0.05) is 37.6 Å². The Morgan fingerprint density at radius 3 is 2.50 bits per heavy atom. The lowest BCUT2D eigenvalue weighted by Crippen LogP contribution is -2.36. The maximum Gasteiger partial charge on any atom is 0.251 e. The molecule has 0 spiro atoms. The molecule has 4 rings (SSSR count). The first-order valence-electron chi connectivity index (χ1n) is 10.6. The van der Waals surface area contributed by atoms with Crippen LogP contribution in [0.25, 0.3) is 5.69 Å². The second-order valence-electron chi connectivity index (χ2n) is 7.73. The van der Waals surface area contributed by atoms with E-state index < -0.39 is 26.6 Å². The van der Waals surface area contributed by atoms with Crippen molar-refractivity contribution in [1.29, 1.82) is 0 Å². The number of sulfonamides is 1. The van der Waals surface area contributed by atoms with Gasteiger partial charge in [-0.2, -0.15) is 9.40 Å². The Labute approximate surface area is 186 Å². The molecule has 7 nitrogen and oxygen atoms in total. The van der Waals surface area contributed by atoms with Crippen LogP contribution in [0.15, 0.2) is 65.8 Å². The van der Waals surface area contributed by atoms with Crippen LogP contribution in [0.1, 0.15) is 35.2 Å². The van der Waals surface area contributed by atoms with Crippen LogP contribution in [-0.4, -0.2) is 48.0 Å². The molecule has 3 aromatic rings. The molecule has 1 aliphatic heterocycles. The van der Waals surface area contributed by atoms with Gasteiger partial charge in [0.2, 0.25) is 10.0 Å². The van der Waals surface area contributed by atoms with Crippen LogP contribution in [0, 0.1) is 5.82 Å². The van der Waals surface area contributed by atoms with E-state index in [4.69, 9.17) is 0 Å². The average molecular weight is 457 g/mol. The van der Waals surface area contributed by atoms with E-state index in [-0.39, 0.29) is 5.56 Å². The van der Waals surface area contributed by atoms with Crippen molar-refractivity contribution < 1.29 is 17.6 Å². The number of rotatable bonds is 7. The standard InChI is InChI=1S/C23H25FN4O3S/c24-21-10-7-19(17-22(21)32(30,31)27-14-2-1-3-15-27)23(29)25-13-11-18-5-8-20(9-6-18)28-16-4-12-26-28/h4-10,12,16-17H,1-3,11,13-15H2,(H,25,29). The van der Waals surface area contributed by atoms with Crippen LogP contribution < -0.4 is 5.32 Å². The highest BCUT2D eigenvalue weighted by Gasteiger charge is 2.29. The largest absolute Gasteiger partial charge is 0.352 e. The van der Waals surface area contributed by atoms with Crippen LogP contribution in [-0.2, 0) is 16.4 Å². The van der Waals surface area contributed by atoms with Crippen LogP contribution in [0.2, 0.25) is 0 Å². The molecule has 1 aromatic heterocycles. The van der Waals surface area contributed by atoms with Crippen molar-refractivity contribution in [3.63, 3.8) is 0 Å². The Kier molecular flexibility index (Phi) is 6.66. The van der Waals surface area contributed by atoms with E-state index >= 15 is 0 Å². The van der Waals surface area contributed by atoms with Gasteiger partial charge in [-0.05, 0) is 61.2 Å². The number of hydrogen-bond acceptors (Lipinski definition) is 4. The third-order valence-electron chi connectivity index (χ3n) is 5.53. The van der Waals surface area contributed by atoms with E-state index in [1.165, 1.54) is 10.4 Å². The summed E-state index contributed by atoms with van der Waals surface area (Å²) < 4.78 is 43.1. The zero-order valence-corrected chi connectivity index (χ0v) is 18.4. The van der Waals surface area contributed by atoms with Gasteiger partial charge in [-0.25, -0.2) is 17.5 Å². The molecule has 1 amide bonds. The monoisotopic (exact) mass is 456 g/mol.